The Balaban J connectivity index is 2.12. The lowest BCUT2D eigenvalue weighted by molar-refractivity contribution is -0.143. The third kappa shape index (κ3) is 3.10. The highest BCUT2D eigenvalue weighted by atomic mass is 35.5. The van der Waals surface area contributed by atoms with Crippen molar-refractivity contribution in [3.05, 3.63) is 15.0 Å². The predicted octanol–water partition coefficient (Wildman–Crippen LogP) is 3.52. The van der Waals surface area contributed by atoms with Gasteiger partial charge in [0, 0.05) is 4.88 Å². The second-order valence-corrected chi connectivity index (χ2v) is 5.15. The maximum absolute atomic E-state index is 13.4. The molecular formula is C10H7ClFNO2S2. The molecule has 7 heteroatoms. The highest BCUT2D eigenvalue weighted by Gasteiger charge is 2.27. The summed E-state index contributed by atoms with van der Waals surface area (Å²) in [7, 11) is 0. The zero-order chi connectivity index (χ0) is 12.4. The first-order valence-electron chi connectivity index (χ1n) is 4.86. The zero-order valence-corrected chi connectivity index (χ0v) is 10.9. The lowest BCUT2D eigenvalue weighted by Gasteiger charge is -2.00. The normalized spacial score (nSPS) is 14.2. The molecule has 0 atom stereocenters. The van der Waals surface area contributed by atoms with Crippen molar-refractivity contribution >= 4 is 52.0 Å². The number of carbonyl (C=O) groups excluding carboxylic acids is 1. The summed E-state index contributed by atoms with van der Waals surface area (Å²) in [5.41, 5.74) is -0.0547. The van der Waals surface area contributed by atoms with Gasteiger partial charge in [0.1, 0.15) is 11.8 Å². The molecule has 1 aliphatic carbocycles. The van der Waals surface area contributed by atoms with E-state index in [1.807, 2.05) is 5.16 Å². The largest absolute Gasteiger partial charge is 0.462 e. The summed E-state index contributed by atoms with van der Waals surface area (Å²) in [6.45, 7) is 0. The molecule has 0 aliphatic heterocycles. The molecule has 0 spiro atoms. The van der Waals surface area contributed by atoms with E-state index in [2.05, 4.69) is 17.2 Å². The van der Waals surface area contributed by atoms with Gasteiger partial charge >= 0.3 is 5.97 Å². The van der Waals surface area contributed by atoms with E-state index in [4.69, 9.17) is 16.3 Å². The molecule has 1 aliphatic rings. The molecule has 0 radical (unpaired) electrons. The Labute approximate surface area is 111 Å². The van der Waals surface area contributed by atoms with Gasteiger partial charge in [-0.2, -0.15) is 9.38 Å². The van der Waals surface area contributed by atoms with Gasteiger partial charge in [0.2, 0.25) is 5.13 Å². The summed E-state index contributed by atoms with van der Waals surface area (Å²) >= 11 is 11.1. The van der Waals surface area contributed by atoms with Gasteiger partial charge in [0.25, 0.3) is 0 Å². The van der Waals surface area contributed by atoms with Crippen molar-refractivity contribution in [1.29, 1.82) is 0 Å². The Hall–Kier alpha value is -0.810. The molecule has 1 aromatic heterocycles. The van der Waals surface area contributed by atoms with E-state index < -0.39 is 11.1 Å². The van der Waals surface area contributed by atoms with E-state index in [9.17, 15) is 9.18 Å². The molecule has 2 rings (SSSR count). The number of ether oxygens (including phenoxy) is 1. The van der Waals surface area contributed by atoms with Crippen molar-refractivity contribution in [3.63, 3.8) is 0 Å². The summed E-state index contributed by atoms with van der Waals surface area (Å²) in [6.07, 6.45) is 1.80. The van der Waals surface area contributed by atoms with Crippen LogP contribution in [0.15, 0.2) is 4.99 Å². The molecule has 1 aromatic rings. The van der Waals surface area contributed by atoms with Crippen LogP contribution in [0.4, 0.5) is 10.1 Å². The smallest absolute Gasteiger partial charge is 0.311 e. The molecule has 0 aromatic carbocycles. The molecule has 0 saturated heterocycles. The van der Waals surface area contributed by atoms with Gasteiger partial charge in [0.05, 0.1) is 16.6 Å². The average Bonchev–Trinajstić information content (AvgIpc) is 3.03. The predicted molar refractivity (Wildman–Crippen MR) is 66.8 cm³/mol. The van der Waals surface area contributed by atoms with E-state index in [0.717, 1.165) is 24.2 Å². The van der Waals surface area contributed by atoms with Crippen LogP contribution in [0.3, 0.4) is 0 Å². The second-order valence-electron chi connectivity index (χ2n) is 3.53. The molecular weight excluding hydrogens is 285 g/mol. The maximum Gasteiger partial charge on any atom is 0.311 e. The minimum atomic E-state index is -0.568. The SMILES string of the molecule is O=C(Cc1sc(F)c(N=C=S)c1Cl)OC1CC1. The fourth-order valence-corrected chi connectivity index (χ4v) is 2.51. The second kappa shape index (κ2) is 5.23. The first-order valence-corrected chi connectivity index (χ1v) is 6.46. The number of esters is 1. The van der Waals surface area contributed by atoms with Crippen LogP contribution in [-0.4, -0.2) is 17.2 Å². The molecule has 0 amide bonds. The minimum Gasteiger partial charge on any atom is -0.462 e. The molecule has 1 saturated carbocycles. The van der Waals surface area contributed by atoms with Crippen LogP contribution in [0.5, 0.6) is 0 Å². The van der Waals surface area contributed by atoms with Gasteiger partial charge < -0.3 is 4.74 Å². The van der Waals surface area contributed by atoms with Crippen LogP contribution in [0.1, 0.15) is 17.7 Å². The fraction of sp³-hybridized carbons (Fsp3) is 0.400. The minimum absolute atomic E-state index is 0.0320. The van der Waals surface area contributed by atoms with Crippen molar-refractivity contribution in [3.8, 4) is 0 Å². The number of carbonyl (C=O) groups is 1. The summed E-state index contributed by atoms with van der Waals surface area (Å²) in [5, 5.41) is 1.59. The number of hydrogen-bond acceptors (Lipinski definition) is 5. The Morgan fingerprint density at radius 2 is 2.41 bits per heavy atom. The van der Waals surface area contributed by atoms with Gasteiger partial charge in [-0.3, -0.25) is 4.79 Å². The van der Waals surface area contributed by atoms with Gasteiger partial charge in [-0.05, 0) is 25.1 Å². The standard InChI is InChI=1S/C10H7ClFNO2S2/c11-8-6(3-7(14)15-5-1-2-5)17-10(12)9(8)13-4-16/h5H,1-3H2. The van der Waals surface area contributed by atoms with Gasteiger partial charge in [-0.15, -0.1) is 11.3 Å². The summed E-state index contributed by atoms with van der Waals surface area (Å²) in [6, 6.07) is 0. The number of rotatable bonds is 4. The third-order valence-corrected chi connectivity index (χ3v) is 3.71. The van der Waals surface area contributed by atoms with E-state index >= 15 is 0 Å². The van der Waals surface area contributed by atoms with Crippen LogP contribution in [0.2, 0.25) is 5.02 Å². The average molecular weight is 292 g/mol. The topological polar surface area (TPSA) is 38.7 Å². The van der Waals surface area contributed by atoms with Gasteiger partial charge in [-0.1, -0.05) is 11.6 Å². The number of halogens is 2. The first-order chi connectivity index (χ1) is 8.11. The van der Waals surface area contributed by atoms with E-state index in [0.29, 0.717) is 4.88 Å². The zero-order valence-electron chi connectivity index (χ0n) is 8.53. The van der Waals surface area contributed by atoms with Crippen molar-refractivity contribution in [2.75, 3.05) is 0 Å². The molecule has 1 fully saturated rings. The Kier molecular flexibility index (Phi) is 3.89. The molecule has 0 bridgehead atoms. The third-order valence-electron chi connectivity index (χ3n) is 2.14. The van der Waals surface area contributed by atoms with Crippen LogP contribution in [-0.2, 0) is 16.0 Å². The Bertz CT molecular complexity index is 507. The molecule has 90 valence electrons. The van der Waals surface area contributed by atoms with Crippen LogP contribution >= 0.6 is 35.2 Å². The van der Waals surface area contributed by atoms with E-state index in [1.54, 1.807) is 0 Å². The van der Waals surface area contributed by atoms with E-state index in [1.165, 1.54) is 0 Å². The van der Waals surface area contributed by atoms with Crippen LogP contribution in [0.25, 0.3) is 0 Å². The summed E-state index contributed by atoms with van der Waals surface area (Å²) < 4.78 is 18.4. The fourth-order valence-electron chi connectivity index (χ4n) is 1.22. The van der Waals surface area contributed by atoms with Crippen LogP contribution < -0.4 is 0 Å². The summed E-state index contributed by atoms with van der Waals surface area (Å²) in [4.78, 5) is 15.4. The maximum atomic E-state index is 13.4. The van der Waals surface area contributed by atoms with Crippen molar-refractivity contribution < 1.29 is 13.9 Å². The molecule has 0 unspecified atom stereocenters. The number of nitrogens with zero attached hydrogens (tertiary/aromatic N) is 1. The van der Waals surface area contributed by atoms with Crippen molar-refractivity contribution in [2.45, 2.75) is 25.4 Å². The van der Waals surface area contributed by atoms with Crippen LogP contribution in [0, 0.1) is 5.13 Å². The highest BCUT2D eigenvalue weighted by molar-refractivity contribution is 7.78. The quantitative estimate of drug-likeness (QED) is 0.484. The number of thiocarbonyl (C=S) groups is 1. The number of aliphatic imine (C=N–C) groups is 1. The monoisotopic (exact) mass is 291 g/mol. The Morgan fingerprint density at radius 3 is 3.00 bits per heavy atom. The summed E-state index contributed by atoms with van der Waals surface area (Å²) in [5.74, 6) is -0.395. The molecule has 17 heavy (non-hydrogen) atoms. The lowest BCUT2D eigenvalue weighted by Crippen LogP contribution is -2.08. The molecule has 0 N–H and O–H groups in total. The van der Waals surface area contributed by atoms with Crippen molar-refractivity contribution in [2.24, 2.45) is 4.99 Å². The number of thiophene rings is 1. The number of hydrogen-bond donors (Lipinski definition) is 0. The number of isothiocyanates is 1. The van der Waals surface area contributed by atoms with Gasteiger partial charge in [0.15, 0.2) is 0 Å². The van der Waals surface area contributed by atoms with E-state index in [-0.39, 0.29) is 23.2 Å². The Morgan fingerprint density at radius 1 is 1.71 bits per heavy atom. The first kappa shape index (κ1) is 12.6. The molecule has 3 nitrogen and oxygen atoms in total. The molecule has 1 heterocycles. The lowest BCUT2D eigenvalue weighted by atomic mass is 10.3. The van der Waals surface area contributed by atoms with Gasteiger partial charge in [-0.25, -0.2) is 0 Å². The van der Waals surface area contributed by atoms with Crippen molar-refractivity contribution in [1.82, 2.24) is 0 Å². The highest BCUT2D eigenvalue weighted by Crippen LogP contribution is 2.38.